The van der Waals surface area contributed by atoms with Crippen molar-refractivity contribution in [3.8, 4) is 0 Å². The summed E-state index contributed by atoms with van der Waals surface area (Å²) in [5, 5.41) is 0.570. The third kappa shape index (κ3) is 6.09. The summed E-state index contributed by atoms with van der Waals surface area (Å²) in [5.41, 5.74) is 1.21. The van der Waals surface area contributed by atoms with Gasteiger partial charge in [-0.3, -0.25) is 0 Å². The van der Waals surface area contributed by atoms with Gasteiger partial charge in [-0.05, 0) is 56.9 Å². The molecule has 0 amide bonds. The second kappa shape index (κ2) is 8.62. The minimum absolute atomic E-state index is 0.221. The minimum atomic E-state index is -1.72. The lowest BCUT2D eigenvalue weighted by Gasteiger charge is -2.36. The van der Waals surface area contributed by atoms with Crippen LogP contribution in [0.4, 0.5) is 5.82 Å². The Morgan fingerprint density at radius 3 is 2.38 bits per heavy atom. The lowest BCUT2D eigenvalue weighted by Crippen LogP contribution is -2.41. The summed E-state index contributed by atoms with van der Waals surface area (Å²) in [5.74, 6) is 0.706. The normalized spacial score (nSPS) is 13.3. The minimum Gasteiger partial charge on any atom is -0.413 e. The average molecular weight is 500 g/mol. The molecule has 136 valence electrons. The van der Waals surface area contributed by atoms with Crippen molar-refractivity contribution in [2.75, 3.05) is 25.1 Å². The molecule has 0 fully saturated rings. The van der Waals surface area contributed by atoms with Crippen molar-refractivity contribution in [1.82, 2.24) is 9.97 Å². The molecule has 0 aromatic carbocycles. The van der Waals surface area contributed by atoms with E-state index in [9.17, 15) is 0 Å². The van der Waals surface area contributed by atoms with E-state index in [2.05, 4.69) is 88.7 Å². The zero-order valence-corrected chi connectivity index (χ0v) is 20.3. The molecule has 8 heteroatoms. The molecule has 1 aromatic rings. The van der Waals surface area contributed by atoms with Crippen molar-refractivity contribution in [3.63, 3.8) is 0 Å². The summed E-state index contributed by atoms with van der Waals surface area (Å²) in [6, 6.07) is 0. The van der Waals surface area contributed by atoms with Gasteiger partial charge in [-0.1, -0.05) is 44.0 Å². The Kier molecular flexibility index (Phi) is 7.93. The van der Waals surface area contributed by atoms with Crippen molar-refractivity contribution in [3.05, 3.63) is 26.0 Å². The highest BCUT2D eigenvalue weighted by Gasteiger charge is 2.36. The zero-order chi connectivity index (χ0) is 18.7. The van der Waals surface area contributed by atoms with Crippen LogP contribution in [0, 0.1) is 0 Å². The molecule has 0 aliphatic heterocycles. The van der Waals surface area contributed by atoms with Crippen molar-refractivity contribution in [2.24, 2.45) is 0 Å². The fraction of sp³-hybridized carbons (Fsp3) is 0.625. The van der Waals surface area contributed by atoms with E-state index in [1.165, 1.54) is 5.57 Å². The van der Waals surface area contributed by atoms with Gasteiger partial charge < -0.3 is 9.33 Å². The van der Waals surface area contributed by atoms with Gasteiger partial charge in [-0.15, -0.1) is 0 Å². The van der Waals surface area contributed by atoms with Gasteiger partial charge >= 0.3 is 0 Å². The maximum Gasteiger partial charge on any atom is 0.192 e. The van der Waals surface area contributed by atoms with E-state index in [4.69, 9.17) is 16.0 Å². The van der Waals surface area contributed by atoms with Gasteiger partial charge in [-0.25, -0.2) is 9.97 Å². The van der Waals surface area contributed by atoms with Gasteiger partial charge in [0.2, 0.25) is 0 Å². The maximum atomic E-state index is 6.24. The predicted octanol–water partition coefficient (Wildman–Crippen LogP) is 6.06. The highest BCUT2D eigenvalue weighted by molar-refractivity contribution is 9.11. The van der Waals surface area contributed by atoms with Gasteiger partial charge in [0.25, 0.3) is 0 Å². The van der Waals surface area contributed by atoms with Crippen LogP contribution in [0.5, 0.6) is 0 Å². The molecule has 1 rings (SSSR count). The number of halogens is 3. The monoisotopic (exact) mass is 497 g/mol. The van der Waals surface area contributed by atoms with Crippen LogP contribution in [0.3, 0.4) is 0 Å². The maximum absolute atomic E-state index is 6.24. The van der Waals surface area contributed by atoms with E-state index >= 15 is 0 Å². The molecule has 4 nitrogen and oxygen atoms in total. The Hall–Kier alpha value is 0.0469. The predicted molar refractivity (Wildman–Crippen MR) is 113 cm³/mol. The third-order valence-corrected chi connectivity index (χ3v) is 10.4. The fourth-order valence-electron chi connectivity index (χ4n) is 1.56. The molecule has 0 radical (unpaired) electrons. The molecule has 24 heavy (non-hydrogen) atoms. The first-order valence-electron chi connectivity index (χ1n) is 7.74. The van der Waals surface area contributed by atoms with Gasteiger partial charge in [0, 0.05) is 13.6 Å². The van der Waals surface area contributed by atoms with Crippen molar-refractivity contribution >= 4 is 57.6 Å². The third-order valence-electron chi connectivity index (χ3n) is 4.30. The first kappa shape index (κ1) is 22.1. The van der Waals surface area contributed by atoms with Crippen LogP contribution in [-0.4, -0.2) is 38.5 Å². The van der Waals surface area contributed by atoms with Crippen LogP contribution in [0.15, 0.2) is 20.9 Å². The molecule has 0 spiro atoms. The Bertz CT molecular complexity index is 618. The Labute approximate surface area is 168 Å². The molecular formula is C16H26Br2ClN3OSi. The van der Waals surface area contributed by atoms with Crippen molar-refractivity contribution in [1.29, 1.82) is 0 Å². The summed E-state index contributed by atoms with van der Waals surface area (Å²) in [6.45, 7) is 14.7. The van der Waals surface area contributed by atoms with Crippen molar-refractivity contribution in [2.45, 2.75) is 45.8 Å². The number of anilines is 1. The largest absolute Gasteiger partial charge is 0.413 e. The van der Waals surface area contributed by atoms with Crippen LogP contribution < -0.4 is 4.90 Å². The van der Waals surface area contributed by atoms with E-state index in [0.29, 0.717) is 33.3 Å². The molecule has 0 saturated carbocycles. The summed E-state index contributed by atoms with van der Waals surface area (Å²) < 4.78 is 7.43. The molecule has 1 heterocycles. The van der Waals surface area contributed by atoms with Crippen molar-refractivity contribution < 1.29 is 4.43 Å². The SMILES string of the molecule is C/C(=C\CN(C)c1nc(Cl)c(Br)nc1Br)CO[Si](C)(C)C(C)(C)C. The Morgan fingerprint density at radius 1 is 1.25 bits per heavy atom. The smallest absolute Gasteiger partial charge is 0.192 e. The Balaban J connectivity index is 2.70. The summed E-state index contributed by atoms with van der Waals surface area (Å²) in [7, 11) is 0.238. The van der Waals surface area contributed by atoms with Gasteiger partial charge in [0.1, 0.15) is 9.21 Å². The van der Waals surface area contributed by atoms with E-state index in [1.54, 1.807) is 0 Å². The molecule has 0 bridgehead atoms. The topological polar surface area (TPSA) is 38.2 Å². The quantitative estimate of drug-likeness (QED) is 0.352. The first-order valence-corrected chi connectivity index (χ1v) is 12.6. The van der Waals surface area contributed by atoms with E-state index in [1.807, 2.05) is 11.9 Å². The standard InChI is InChI=1S/C16H26Br2ClN3OSi/c1-11(10-23-24(6,7)16(2,3)4)8-9-22(5)15-13(18)20-12(17)14(19)21-15/h8H,9-10H2,1-7H3/b11-8+. The number of rotatable bonds is 6. The molecular weight excluding hydrogens is 474 g/mol. The number of hydrogen-bond acceptors (Lipinski definition) is 4. The first-order chi connectivity index (χ1) is 10.8. The second-order valence-electron chi connectivity index (χ2n) is 7.40. The van der Waals surface area contributed by atoms with Crippen LogP contribution >= 0.6 is 43.5 Å². The molecule has 0 N–H and O–H groups in total. The van der Waals surface area contributed by atoms with Crippen LogP contribution in [0.1, 0.15) is 27.7 Å². The fourth-order valence-corrected chi connectivity index (χ4v) is 3.78. The highest BCUT2D eigenvalue weighted by Crippen LogP contribution is 2.36. The van der Waals surface area contributed by atoms with Crippen LogP contribution in [0.25, 0.3) is 0 Å². The molecule has 0 aliphatic carbocycles. The lowest BCUT2D eigenvalue weighted by atomic mass is 10.2. The molecule has 0 aliphatic rings. The number of aromatic nitrogens is 2. The molecule has 0 saturated heterocycles. The zero-order valence-electron chi connectivity index (χ0n) is 15.4. The van der Waals surface area contributed by atoms with Crippen LogP contribution in [0.2, 0.25) is 23.3 Å². The number of hydrogen-bond donors (Lipinski definition) is 0. The van der Waals surface area contributed by atoms with E-state index in [-0.39, 0.29) is 5.04 Å². The van der Waals surface area contributed by atoms with Gasteiger partial charge in [-0.2, -0.15) is 0 Å². The second-order valence-corrected chi connectivity index (χ2v) is 14.1. The number of nitrogens with zero attached hydrogens (tertiary/aromatic N) is 3. The average Bonchev–Trinajstić information content (AvgIpc) is 2.45. The van der Waals surface area contributed by atoms with Crippen LogP contribution in [-0.2, 0) is 4.43 Å². The molecule has 1 aromatic heterocycles. The molecule has 0 unspecified atom stereocenters. The summed E-state index contributed by atoms with van der Waals surface area (Å²) in [6.07, 6.45) is 2.15. The summed E-state index contributed by atoms with van der Waals surface area (Å²) >= 11 is 12.7. The molecule has 0 atom stereocenters. The van der Waals surface area contributed by atoms with Gasteiger partial charge in [0.05, 0.1) is 6.61 Å². The van der Waals surface area contributed by atoms with E-state index < -0.39 is 8.32 Å². The highest BCUT2D eigenvalue weighted by atomic mass is 79.9. The number of likely N-dealkylation sites (N-methyl/N-ethyl adjacent to an activating group) is 1. The lowest BCUT2D eigenvalue weighted by molar-refractivity contribution is 0.318. The van der Waals surface area contributed by atoms with E-state index in [0.717, 1.165) is 0 Å². The van der Waals surface area contributed by atoms with Gasteiger partial charge in [0.15, 0.2) is 19.3 Å². The summed E-state index contributed by atoms with van der Waals surface area (Å²) in [4.78, 5) is 10.6. The Morgan fingerprint density at radius 2 is 1.83 bits per heavy atom.